The maximum atomic E-state index is 12.1. The van der Waals surface area contributed by atoms with Crippen LogP contribution in [-0.4, -0.2) is 27.1 Å². The number of carbonyl (C=O) groups excluding carboxylic acids is 1. The van der Waals surface area contributed by atoms with Crippen LogP contribution in [0.5, 0.6) is 0 Å². The minimum atomic E-state index is -0.0803. The molecule has 21 heavy (non-hydrogen) atoms. The summed E-state index contributed by atoms with van der Waals surface area (Å²) in [4.78, 5) is 16.5. The van der Waals surface area contributed by atoms with Crippen LogP contribution in [0.3, 0.4) is 0 Å². The fourth-order valence-corrected chi connectivity index (χ4v) is 2.10. The standard InChI is InChI=1S/C15H27N5O/c1-5-12-13(6-2)19-20-15(17-12)18-14(21)10(3)8-7-9-11(4)16/h10-11H,5-9,16H2,1-4H3,(H,17,18,20,21). The van der Waals surface area contributed by atoms with E-state index in [4.69, 9.17) is 5.73 Å². The van der Waals surface area contributed by atoms with E-state index < -0.39 is 0 Å². The minimum Gasteiger partial charge on any atom is -0.328 e. The number of nitrogens with zero attached hydrogens (tertiary/aromatic N) is 3. The number of aryl methyl sites for hydroxylation is 2. The molecule has 6 heteroatoms. The van der Waals surface area contributed by atoms with E-state index in [1.807, 2.05) is 27.7 Å². The summed E-state index contributed by atoms with van der Waals surface area (Å²) in [6.45, 7) is 7.92. The van der Waals surface area contributed by atoms with Crippen molar-refractivity contribution >= 4 is 11.9 Å². The summed E-state index contributed by atoms with van der Waals surface area (Å²) in [6.07, 6.45) is 4.27. The van der Waals surface area contributed by atoms with Gasteiger partial charge in [0.1, 0.15) is 0 Å². The number of amides is 1. The van der Waals surface area contributed by atoms with Crippen molar-refractivity contribution in [2.75, 3.05) is 5.32 Å². The molecule has 0 spiro atoms. The van der Waals surface area contributed by atoms with E-state index in [2.05, 4.69) is 20.5 Å². The SMILES string of the molecule is CCc1nnc(NC(=O)C(C)CCCC(C)N)nc1CC. The Labute approximate surface area is 126 Å². The van der Waals surface area contributed by atoms with Crippen LogP contribution in [0.4, 0.5) is 5.95 Å². The summed E-state index contributed by atoms with van der Waals surface area (Å²) in [5, 5.41) is 10.8. The Bertz CT molecular complexity index is 461. The van der Waals surface area contributed by atoms with E-state index in [1.165, 1.54) is 0 Å². The first-order chi connectivity index (χ1) is 9.97. The second-order valence-electron chi connectivity index (χ2n) is 5.53. The van der Waals surface area contributed by atoms with E-state index in [1.54, 1.807) is 0 Å². The molecule has 0 aliphatic heterocycles. The maximum absolute atomic E-state index is 12.1. The highest BCUT2D eigenvalue weighted by molar-refractivity contribution is 5.90. The van der Waals surface area contributed by atoms with Gasteiger partial charge < -0.3 is 5.73 Å². The topological polar surface area (TPSA) is 93.8 Å². The molecule has 3 N–H and O–H groups in total. The zero-order chi connectivity index (χ0) is 15.8. The van der Waals surface area contributed by atoms with Gasteiger partial charge in [0.25, 0.3) is 0 Å². The Morgan fingerprint density at radius 1 is 1.14 bits per heavy atom. The van der Waals surface area contributed by atoms with Crippen molar-refractivity contribution in [1.82, 2.24) is 15.2 Å². The number of hydrogen-bond donors (Lipinski definition) is 2. The number of aromatic nitrogens is 3. The van der Waals surface area contributed by atoms with Gasteiger partial charge in [-0.2, -0.15) is 0 Å². The first-order valence-electron chi connectivity index (χ1n) is 7.76. The largest absolute Gasteiger partial charge is 0.328 e. The molecule has 0 radical (unpaired) electrons. The first-order valence-corrected chi connectivity index (χ1v) is 7.76. The van der Waals surface area contributed by atoms with Crippen molar-refractivity contribution in [3.05, 3.63) is 11.4 Å². The molecule has 0 saturated heterocycles. The second-order valence-corrected chi connectivity index (χ2v) is 5.53. The molecular weight excluding hydrogens is 266 g/mol. The lowest BCUT2D eigenvalue weighted by Crippen LogP contribution is -2.23. The van der Waals surface area contributed by atoms with Gasteiger partial charge in [-0.05, 0) is 32.6 Å². The fraction of sp³-hybridized carbons (Fsp3) is 0.733. The maximum Gasteiger partial charge on any atom is 0.249 e. The van der Waals surface area contributed by atoms with Crippen molar-refractivity contribution in [2.24, 2.45) is 11.7 Å². The molecule has 0 aliphatic carbocycles. The summed E-state index contributed by atoms with van der Waals surface area (Å²) in [7, 11) is 0. The molecule has 2 atom stereocenters. The summed E-state index contributed by atoms with van der Waals surface area (Å²) in [5.74, 6) is 0.157. The van der Waals surface area contributed by atoms with Crippen molar-refractivity contribution in [2.45, 2.75) is 65.8 Å². The molecule has 1 heterocycles. The Morgan fingerprint density at radius 2 is 1.81 bits per heavy atom. The predicted octanol–water partition coefficient (Wildman–Crippen LogP) is 2.09. The van der Waals surface area contributed by atoms with Crippen molar-refractivity contribution < 1.29 is 4.79 Å². The Balaban J connectivity index is 2.57. The number of nitrogens with one attached hydrogen (secondary N) is 1. The molecule has 0 aliphatic rings. The molecule has 118 valence electrons. The van der Waals surface area contributed by atoms with Crippen LogP contribution in [0, 0.1) is 5.92 Å². The summed E-state index contributed by atoms with van der Waals surface area (Å²) >= 11 is 0. The van der Waals surface area contributed by atoms with Gasteiger partial charge in [0.2, 0.25) is 11.9 Å². The Morgan fingerprint density at radius 3 is 2.38 bits per heavy atom. The van der Waals surface area contributed by atoms with E-state index in [0.717, 1.165) is 43.5 Å². The lowest BCUT2D eigenvalue weighted by atomic mass is 10.0. The van der Waals surface area contributed by atoms with Crippen LogP contribution >= 0.6 is 0 Å². The molecule has 1 amide bonds. The van der Waals surface area contributed by atoms with E-state index >= 15 is 0 Å². The molecule has 2 unspecified atom stereocenters. The normalized spacial score (nSPS) is 13.8. The monoisotopic (exact) mass is 293 g/mol. The van der Waals surface area contributed by atoms with Gasteiger partial charge in [0.05, 0.1) is 11.4 Å². The van der Waals surface area contributed by atoms with E-state index in [0.29, 0.717) is 5.95 Å². The van der Waals surface area contributed by atoms with Crippen LogP contribution in [-0.2, 0) is 17.6 Å². The third kappa shape index (κ3) is 5.75. The molecule has 1 rings (SSSR count). The predicted molar refractivity (Wildman–Crippen MR) is 83.9 cm³/mol. The van der Waals surface area contributed by atoms with Crippen LogP contribution in [0.25, 0.3) is 0 Å². The second kappa shape index (κ2) is 8.67. The van der Waals surface area contributed by atoms with Gasteiger partial charge in [0, 0.05) is 12.0 Å². The molecule has 0 saturated carbocycles. The Hall–Kier alpha value is -1.56. The smallest absolute Gasteiger partial charge is 0.249 e. The molecule has 1 aromatic rings. The van der Waals surface area contributed by atoms with Crippen molar-refractivity contribution in [3.63, 3.8) is 0 Å². The van der Waals surface area contributed by atoms with Crippen LogP contribution in [0.1, 0.15) is 58.3 Å². The number of rotatable bonds is 8. The summed E-state index contributed by atoms with van der Waals surface area (Å²) in [6, 6.07) is 0.182. The lowest BCUT2D eigenvalue weighted by Gasteiger charge is -2.12. The summed E-state index contributed by atoms with van der Waals surface area (Å²) < 4.78 is 0. The third-order valence-corrected chi connectivity index (χ3v) is 3.49. The number of nitrogens with two attached hydrogens (primary N) is 1. The van der Waals surface area contributed by atoms with E-state index in [9.17, 15) is 4.79 Å². The Kier molecular flexibility index (Phi) is 7.22. The quantitative estimate of drug-likeness (QED) is 0.765. The molecule has 6 nitrogen and oxygen atoms in total. The van der Waals surface area contributed by atoms with Gasteiger partial charge in [-0.3, -0.25) is 10.1 Å². The number of anilines is 1. The van der Waals surface area contributed by atoms with Gasteiger partial charge in [-0.1, -0.05) is 27.2 Å². The van der Waals surface area contributed by atoms with Crippen LogP contribution in [0.15, 0.2) is 0 Å². The van der Waals surface area contributed by atoms with Gasteiger partial charge >= 0.3 is 0 Å². The molecule has 0 fully saturated rings. The highest BCUT2D eigenvalue weighted by Gasteiger charge is 2.15. The zero-order valence-electron chi connectivity index (χ0n) is 13.5. The lowest BCUT2D eigenvalue weighted by molar-refractivity contribution is -0.119. The van der Waals surface area contributed by atoms with Gasteiger partial charge in [-0.25, -0.2) is 4.98 Å². The first kappa shape index (κ1) is 17.5. The third-order valence-electron chi connectivity index (χ3n) is 3.49. The zero-order valence-corrected chi connectivity index (χ0v) is 13.5. The van der Waals surface area contributed by atoms with Gasteiger partial charge in [-0.15, -0.1) is 10.2 Å². The minimum absolute atomic E-state index is 0.0622. The summed E-state index contributed by atoms with van der Waals surface area (Å²) in [5.41, 5.74) is 7.49. The average molecular weight is 293 g/mol. The van der Waals surface area contributed by atoms with Crippen LogP contribution in [0.2, 0.25) is 0 Å². The molecule has 0 bridgehead atoms. The van der Waals surface area contributed by atoms with Crippen LogP contribution < -0.4 is 11.1 Å². The number of hydrogen-bond acceptors (Lipinski definition) is 5. The number of carbonyl (C=O) groups is 1. The molecule has 1 aromatic heterocycles. The highest BCUT2D eigenvalue weighted by Crippen LogP contribution is 2.12. The fourth-order valence-electron chi connectivity index (χ4n) is 2.10. The average Bonchev–Trinajstić information content (AvgIpc) is 2.46. The van der Waals surface area contributed by atoms with E-state index in [-0.39, 0.29) is 17.9 Å². The van der Waals surface area contributed by atoms with Crippen molar-refractivity contribution in [1.29, 1.82) is 0 Å². The molecule has 0 aromatic carbocycles. The van der Waals surface area contributed by atoms with Crippen molar-refractivity contribution in [3.8, 4) is 0 Å². The molecular formula is C15H27N5O. The van der Waals surface area contributed by atoms with Gasteiger partial charge in [0.15, 0.2) is 0 Å². The highest BCUT2D eigenvalue weighted by atomic mass is 16.2.